The molecule has 1 aliphatic rings. The molecular weight excluding hydrogens is 264 g/mol. The number of aromatic carboxylic acids is 1. The van der Waals surface area contributed by atoms with E-state index in [1.54, 1.807) is 12.1 Å². The number of hydrogen-bond acceptors (Lipinski definition) is 3. The maximum absolute atomic E-state index is 11.3. The fourth-order valence-electron chi connectivity index (χ4n) is 3.06. The van der Waals surface area contributed by atoms with E-state index in [4.69, 9.17) is 0 Å². The molecule has 1 aromatic rings. The van der Waals surface area contributed by atoms with Crippen LogP contribution in [0.15, 0.2) is 12.1 Å². The molecule has 4 nitrogen and oxygen atoms in total. The third-order valence-corrected chi connectivity index (χ3v) is 4.51. The summed E-state index contributed by atoms with van der Waals surface area (Å²) in [7, 11) is 0. The van der Waals surface area contributed by atoms with Gasteiger partial charge in [-0.25, -0.2) is 9.78 Å². The first-order valence-corrected chi connectivity index (χ1v) is 8.00. The summed E-state index contributed by atoms with van der Waals surface area (Å²) in [6.07, 6.45) is 4.34. The molecule has 1 aromatic heterocycles. The van der Waals surface area contributed by atoms with Gasteiger partial charge in [-0.05, 0) is 49.7 Å². The van der Waals surface area contributed by atoms with Crippen molar-refractivity contribution < 1.29 is 9.90 Å². The quantitative estimate of drug-likeness (QED) is 0.920. The zero-order valence-electron chi connectivity index (χ0n) is 13.3. The Morgan fingerprint density at radius 1 is 1.38 bits per heavy atom. The Labute approximate surface area is 127 Å². The van der Waals surface area contributed by atoms with Crippen molar-refractivity contribution in [1.29, 1.82) is 0 Å². The molecule has 1 saturated heterocycles. The van der Waals surface area contributed by atoms with Crippen molar-refractivity contribution >= 4 is 11.8 Å². The lowest BCUT2D eigenvalue weighted by atomic mass is 9.89. The summed E-state index contributed by atoms with van der Waals surface area (Å²) in [5.41, 5.74) is 1.20. The average molecular weight is 290 g/mol. The summed E-state index contributed by atoms with van der Waals surface area (Å²) in [5.74, 6) is 1.44. The van der Waals surface area contributed by atoms with Crippen molar-refractivity contribution in [2.75, 3.05) is 18.0 Å². The monoisotopic (exact) mass is 290 g/mol. The fraction of sp³-hybridized carbons (Fsp3) is 0.647. The number of aryl methyl sites for hydroxylation is 1. The van der Waals surface area contributed by atoms with E-state index in [2.05, 4.69) is 23.7 Å². The topological polar surface area (TPSA) is 53.4 Å². The lowest BCUT2D eigenvalue weighted by Gasteiger charge is -2.23. The SMILES string of the molecule is CCc1cc(C(=O)O)cc(N2CCCC(C(C)C)CC2)n1. The molecule has 0 radical (unpaired) electrons. The summed E-state index contributed by atoms with van der Waals surface area (Å²) in [6.45, 7) is 8.54. The van der Waals surface area contributed by atoms with Crippen molar-refractivity contribution in [3.63, 3.8) is 0 Å². The maximum atomic E-state index is 11.3. The van der Waals surface area contributed by atoms with E-state index in [0.717, 1.165) is 55.7 Å². The van der Waals surface area contributed by atoms with Crippen LogP contribution in [0, 0.1) is 11.8 Å². The normalized spacial score (nSPS) is 19.6. The molecule has 1 atom stereocenters. The number of hydrogen-bond donors (Lipinski definition) is 1. The summed E-state index contributed by atoms with van der Waals surface area (Å²) in [4.78, 5) is 18.2. The Morgan fingerprint density at radius 3 is 2.76 bits per heavy atom. The highest BCUT2D eigenvalue weighted by Gasteiger charge is 2.21. The van der Waals surface area contributed by atoms with E-state index in [1.807, 2.05) is 6.92 Å². The van der Waals surface area contributed by atoms with Gasteiger partial charge in [0.05, 0.1) is 5.56 Å². The first-order valence-electron chi connectivity index (χ1n) is 8.00. The highest BCUT2D eigenvalue weighted by molar-refractivity contribution is 5.88. The second-order valence-corrected chi connectivity index (χ2v) is 6.29. The van der Waals surface area contributed by atoms with E-state index < -0.39 is 5.97 Å². The molecule has 0 aromatic carbocycles. The molecule has 1 aliphatic heterocycles. The van der Waals surface area contributed by atoms with Crippen LogP contribution < -0.4 is 4.90 Å². The van der Waals surface area contributed by atoms with Crippen molar-refractivity contribution in [2.45, 2.75) is 46.5 Å². The third-order valence-electron chi connectivity index (χ3n) is 4.51. The van der Waals surface area contributed by atoms with Crippen LogP contribution >= 0.6 is 0 Å². The van der Waals surface area contributed by atoms with Gasteiger partial charge >= 0.3 is 5.97 Å². The molecule has 2 rings (SSSR count). The van der Waals surface area contributed by atoms with Crippen molar-refractivity contribution in [3.8, 4) is 0 Å². The minimum absolute atomic E-state index is 0.349. The minimum Gasteiger partial charge on any atom is -0.478 e. The van der Waals surface area contributed by atoms with Crippen molar-refractivity contribution in [3.05, 3.63) is 23.4 Å². The summed E-state index contributed by atoms with van der Waals surface area (Å²) in [6, 6.07) is 3.40. The number of carboxylic acids is 1. The van der Waals surface area contributed by atoms with Crippen molar-refractivity contribution in [2.24, 2.45) is 11.8 Å². The number of pyridine rings is 1. The van der Waals surface area contributed by atoms with E-state index in [1.165, 1.54) is 6.42 Å². The molecule has 1 N–H and O–H groups in total. The molecule has 0 saturated carbocycles. The zero-order valence-corrected chi connectivity index (χ0v) is 13.3. The van der Waals surface area contributed by atoms with Crippen LogP contribution in [0.1, 0.15) is 56.1 Å². The fourth-order valence-corrected chi connectivity index (χ4v) is 3.06. The van der Waals surface area contributed by atoms with Gasteiger partial charge in [0, 0.05) is 18.8 Å². The van der Waals surface area contributed by atoms with Crippen LogP contribution in [0.2, 0.25) is 0 Å². The van der Waals surface area contributed by atoms with Gasteiger partial charge < -0.3 is 10.0 Å². The Kier molecular flexibility index (Phi) is 5.21. The summed E-state index contributed by atoms with van der Waals surface area (Å²) < 4.78 is 0. The van der Waals surface area contributed by atoms with Crippen LogP contribution in [-0.2, 0) is 6.42 Å². The molecule has 21 heavy (non-hydrogen) atoms. The standard InChI is InChI=1S/C17H26N2O2/c1-4-15-10-14(17(20)21)11-16(18-15)19-8-5-6-13(7-9-19)12(2)3/h10-13H,4-9H2,1-3H3,(H,20,21). The number of nitrogens with zero attached hydrogens (tertiary/aromatic N) is 2. The van der Waals surface area contributed by atoms with Crippen LogP contribution in [0.5, 0.6) is 0 Å². The predicted octanol–water partition coefficient (Wildman–Crippen LogP) is 3.60. The van der Waals surface area contributed by atoms with Gasteiger partial charge in [0.1, 0.15) is 5.82 Å². The van der Waals surface area contributed by atoms with E-state index in [0.29, 0.717) is 5.56 Å². The first kappa shape index (κ1) is 15.8. The molecule has 1 fully saturated rings. The van der Waals surface area contributed by atoms with E-state index >= 15 is 0 Å². The maximum Gasteiger partial charge on any atom is 0.335 e. The molecule has 0 bridgehead atoms. The molecule has 0 amide bonds. The first-order chi connectivity index (χ1) is 10.0. The second kappa shape index (κ2) is 6.92. The summed E-state index contributed by atoms with van der Waals surface area (Å²) in [5, 5.41) is 9.25. The van der Waals surface area contributed by atoms with Gasteiger partial charge in [-0.1, -0.05) is 20.8 Å². The molecule has 1 unspecified atom stereocenters. The Hall–Kier alpha value is -1.58. The Morgan fingerprint density at radius 2 is 2.14 bits per heavy atom. The molecule has 116 valence electrons. The van der Waals surface area contributed by atoms with Crippen LogP contribution in [0.25, 0.3) is 0 Å². The van der Waals surface area contributed by atoms with E-state index in [9.17, 15) is 9.90 Å². The van der Waals surface area contributed by atoms with Gasteiger partial charge in [-0.3, -0.25) is 0 Å². The average Bonchev–Trinajstić information content (AvgIpc) is 2.72. The number of aromatic nitrogens is 1. The highest BCUT2D eigenvalue weighted by atomic mass is 16.4. The number of carbonyl (C=O) groups is 1. The van der Waals surface area contributed by atoms with Gasteiger partial charge in [0.2, 0.25) is 0 Å². The number of carboxylic acid groups (broad SMARTS) is 1. The molecule has 2 heterocycles. The zero-order chi connectivity index (χ0) is 15.4. The second-order valence-electron chi connectivity index (χ2n) is 6.29. The largest absolute Gasteiger partial charge is 0.478 e. The van der Waals surface area contributed by atoms with Gasteiger partial charge in [0.15, 0.2) is 0 Å². The van der Waals surface area contributed by atoms with Gasteiger partial charge in [-0.2, -0.15) is 0 Å². The van der Waals surface area contributed by atoms with E-state index in [-0.39, 0.29) is 0 Å². The Balaban J connectivity index is 2.20. The molecule has 0 aliphatic carbocycles. The lowest BCUT2D eigenvalue weighted by molar-refractivity contribution is 0.0696. The lowest BCUT2D eigenvalue weighted by Crippen LogP contribution is -2.26. The summed E-state index contributed by atoms with van der Waals surface area (Å²) >= 11 is 0. The van der Waals surface area contributed by atoms with Gasteiger partial charge in [0.25, 0.3) is 0 Å². The van der Waals surface area contributed by atoms with Gasteiger partial charge in [-0.15, -0.1) is 0 Å². The molecular formula is C17H26N2O2. The van der Waals surface area contributed by atoms with Crippen LogP contribution in [0.4, 0.5) is 5.82 Å². The minimum atomic E-state index is -0.872. The third kappa shape index (κ3) is 3.96. The molecule has 0 spiro atoms. The Bertz CT molecular complexity index is 500. The van der Waals surface area contributed by atoms with Crippen molar-refractivity contribution in [1.82, 2.24) is 4.98 Å². The predicted molar refractivity (Wildman–Crippen MR) is 85.0 cm³/mol. The highest BCUT2D eigenvalue weighted by Crippen LogP contribution is 2.27. The van der Waals surface area contributed by atoms with Crippen LogP contribution in [0.3, 0.4) is 0 Å². The smallest absolute Gasteiger partial charge is 0.335 e. The molecule has 4 heteroatoms. The van der Waals surface area contributed by atoms with Crippen LogP contribution in [-0.4, -0.2) is 29.1 Å². The number of anilines is 1. The number of rotatable bonds is 4.